The van der Waals surface area contributed by atoms with Crippen LogP contribution in [-0.4, -0.2) is 18.8 Å². The Morgan fingerprint density at radius 2 is 2.14 bits per heavy atom. The third-order valence-corrected chi connectivity index (χ3v) is 2.97. The van der Waals surface area contributed by atoms with Crippen LogP contribution in [-0.2, 0) is 6.54 Å². The number of hydrogen-bond donors (Lipinski definition) is 2. The minimum absolute atomic E-state index is 0.512. The Balaban J connectivity index is 1.93. The summed E-state index contributed by atoms with van der Waals surface area (Å²) in [5.74, 6) is 2.19. The second-order valence-corrected chi connectivity index (χ2v) is 4.59. The topological polar surface area (TPSA) is 55.7 Å². The van der Waals surface area contributed by atoms with Gasteiger partial charge in [-0.05, 0) is 43.4 Å². The van der Waals surface area contributed by atoms with Gasteiger partial charge in [-0.25, -0.2) is 0 Å². The molecule has 0 atom stereocenters. The lowest BCUT2D eigenvalue weighted by Crippen LogP contribution is -2.27. The molecule has 0 amide bonds. The molecule has 0 saturated carbocycles. The van der Waals surface area contributed by atoms with Crippen molar-refractivity contribution in [3.63, 3.8) is 0 Å². The largest absolute Gasteiger partial charge is 0.493 e. The Hall–Kier alpha value is -2.21. The van der Waals surface area contributed by atoms with Gasteiger partial charge in [-0.2, -0.15) is 0 Å². The maximum atomic E-state index is 5.47. The van der Waals surface area contributed by atoms with E-state index < -0.39 is 0 Å². The van der Waals surface area contributed by atoms with Crippen LogP contribution in [0.5, 0.6) is 11.5 Å². The van der Waals surface area contributed by atoms with Crippen LogP contribution in [0.15, 0.2) is 41.0 Å². The van der Waals surface area contributed by atoms with Crippen molar-refractivity contribution in [1.82, 2.24) is 5.32 Å². The van der Waals surface area contributed by atoms with E-state index in [-0.39, 0.29) is 0 Å². The van der Waals surface area contributed by atoms with Gasteiger partial charge in [0, 0.05) is 11.8 Å². The van der Waals surface area contributed by atoms with Gasteiger partial charge in [0.1, 0.15) is 5.76 Å². The first-order valence-corrected chi connectivity index (χ1v) is 7.01. The highest BCUT2D eigenvalue weighted by Gasteiger charge is 2.06. The molecule has 0 spiro atoms. The lowest BCUT2D eigenvalue weighted by molar-refractivity contribution is 0.311. The molecule has 0 unspecified atom stereocenters. The van der Waals surface area contributed by atoms with E-state index >= 15 is 0 Å². The molecule has 5 nitrogen and oxygen atoms in total. The van der Waals surface area contributed by atoms with Crippen LogP contribution in [0, 0.1) is 0 Å². The first-order chi connectivity index (χ1) is 10.2. The minimum atomic E-state index is 0.512. The number of methoxy groups -OCH3 is 1. The molecule has 112 valence electrons. The standard InChI is InChI=1S/C15H18N2O3S/c1-3-19-13-7-6-11(9-14(13)18-2)17-15(21)16-10-12-5-4-8-20-12/h4-9H,3,10H2,1-2H3,(H2,16,17,21). The molecule has 0 saturated heterocycles. The molecule has 1 aromatic heterocycles. The second-order valence-electron chi connectivity index (χ2n) is 4.19. The number of furan rings is 1. The van der Waals surface area contributed by atoms with Crippen molar-refractivity contribution >= 4 is 23.0 Å². The zero-order valence-corrected chi connectivity index (χ0v) is 12.8. The minimum Gasteiger partial charge on any atom is -0.493 e. The normalized spacial score (nSPS) is 10.0. The van der Waals surface area contributed by atoms with Gasteiger partial charge in [0.25, 0.3) is 0 Å². The number of anilines is 1. The zero-order chi connectivity index (χ0) is 15.1. The van der Waals surface area contributed by atoms with E-state index in [9.17, 15) is 0 Å². The van der Waals surface area contributed by atoms with Gasteiger partial charge in [-0.1, -0.05) is 0 Å². The summed E-state index contributed by atoms with van der Waals surface area (Å²) in [5.41, 5.74) is 0.826. The molecule has 0 bridgehead atoms. The molecule has 2 aromatic rings. The summed E-state index contributed by atoms with van der Waals surface area (Å²) in [6.45, 7) is 3.05. The number of ether oxygens (including phenoxy) is 2. The summed E-state index contributed by atoms with van der Waals surface area (Å²) in [6, 6.07) is 9.29. The van der Waals surface area contributed by atoms with Gasteiger partial charge in [0.15, 0.2) is 16.6 Å². The van der Waals surface area contributed by atoms with E-state index in [2.05, 4.69) is 10.6 Å². The van der Waals surface area contributed by atoms with Gasteiger partial charge in [0.2, 0.25) is 0 Å². The number of benzene rings is 1. The van der Waals surface area contributed by atoms with Crippen LogP contribution in [0.4, 0.5) is 5.69 Å². The first kappa shape index (κ1) is 15.2. The molecule has 0 radical (unpaired) electrons. The smallest absolute Gasteiger partial charge is 0.171 e. The number of rotatable bonds is 6. The van der Waals surface area contributed by atoms with Crippen molar-refractivity contribution in [1.29, 1.82) is 0 Å². The maximum Gasteiger partial charge on any atom is 0.171 e. The van der Waals surface area contributed by atoms with Gasteiger partial charge >= 0.3 is 0 Å². The predicted molar refractivity (Wildman–Crippen MR) is 85.9 cm³/mol. The molecule has 2 N–H and O–H groups in total. The van der Waals surface area contributed by atoms with E-state index in [0.29, 0.717) is 29.8 Å². The molecular formula is C15H18N2O3S. The van der Waals surface area contributed by atoms with Crippen LogP contribution in [0.2, 0.25) is 0 Å². The molecule has 0 fully saturated rings. The van der Waals surface area contributed by atoms with Crippen LogP contribution in [0.25, 0.3) is 0 Å². The summed E-state index contributed by atoms with van der Waals surface area (Å²) >= 11 is 5.24. The molecule has 0 aliphatic carbocycles. The van der Waals surface area contributed by atoms with Crippen molar-refractivity contribution < 1.29 is 13.9 Å². The first-order valence-electron chi connectivity index (χ1n) is 6.61. The van der Waals surface area contributed by atoms with Gasteiger partial charge in [-0.3, -0.25) is 0 Å². The van der Waals surface area contributed by atoms with Crippen LogP contribution in [0.1, 0.15) is 12.7 Å². The molecule has 1 heterocycles. The Kier molecular flexibility index (Phi) is 5.45. The highest BCUT2D eigenvalue weighted by atomic mass is 32.1. The fourth-order valence-corrected chi connectivity index (χ4v) is 1.97. The van der Waals surface area contributed by atoms with Crippen molar-refractivity contribution in [2.45, 2.75) is 13.5 Å². The third kappa shape index (κ3) is 4.39. The Labute approximate surface area is 129 Å². The predicted octanol–water partition coefficient (Wildman–Crippen LogP) is 3.17. The summed E-state index contributed by atoms with van der Waals surface area (Å²) < 4.78 is 16.0. The van der Waals surface area contributed by atoms with E-state index in [4.69, 9.17) is 26.1 Å². The third-order valence-electron chi connectivity index (χ3n) is 2.72. The molecule has 6 heteroatoms. The summed E-state index contributed by atoms with van der Waals surface area (Å²) in [5, 5.41) is 6.67. The highest BCUT2D eigenvalue weighted by molar-refractivity contribution is 7.80. The quantitative estimate of drug-likeness (QED) is 0.800. The second kappa shape index (κ2) is 7.54. The molecule has 0 aliphatic heterocycles. The molecule has 2 rings (SSSR count). The maximum absolute atomic E-state index is 5.47. The molecule has 1 aromatic carbocycles. The summed E-state index contributed by atoms with van der Waals surface area (Å²) in [4.78, 5) is 0. The number of thiocarbonyl (C=S) groups is 1. The summed E-state index contributed by atoms with van der Waals surface area (Å²) in [7, 11) is 1.61. The Morgan fingerprint density at radius 3 is 2.81 bits per heavy atom. The van der Waals surface area contributed by atoms with Crippen molar-refractivity contribution in [3.8, 4) is 11.5 Å². The van der Waals surface area contributed by atoms with Crippen molar-refractivity contribution in [3.05, 3.63) is 42.4 Å². The lowest BCUT2D eigenvalue weighted by atomic mass is 10.3. The van der Waals surface area contributed by atoms with Crippen LogP contribution < -0.4 is 20.1 Å². The Bertz CT molecular complexity index is 585. The van der Waals surface area contributed by atoms with E-state index in [0.717, 1.165) is 11.4 Å². The zero-order valence-electron chi connectivity index (χ0n) is 12.0. The Morgan fingerprint density at radius 1 is 1.29 bits per heavy atom. The average Bonchev–Trinajstić information content (AvgIpc) is 3.00. The van der Waals surface area contributed by atoms with E-state index in [1.807, 2.05) is 37.3 Å². The number of hydrogen-bond acceptors (Lipinski definition) is 4. The van der Waals surface area contributed by atoms with Gasteiger partial charge in [0.05, 0.1) is 26.5 Å². The fraction of sp³-hybridized carbons (Fsp3) is 0.267. The average molecular weight is 306 g/mol. The highest BCUT2D eigenvalue weighted by Crippen LogP contribution is 2.30. The van der Waals surface area contributed by atoms with E-state index in [1.54, 1.807) is 13.4 Å². The van der Waals surface area contributed by atoms with Crippen LogP contribution >= 0.6 is 12.2 Å². The molecule has 21 heavy (non-hydrogen) atoms. The fourth-order valence-electron chi connectivity index (χ4n) is 1.78. The van der Waals surface area contributed by atoms with Gasteiger partial charge in [-0.15, -0.1) is 0 Å². The van der Waals surface area contributed by atoms with Crippen molar-refractivity contribution in [2.24, 2.45) is 0 Å². The molecule has 0 aliphatic rings. The monoisotopic (exact) mass is 306 g/mol. The van der Waals surface area contributed by atoms with Crippen LogP contribution in [0.3, 0.4) is 0 Å². The SMILES string of the molecule is CCOc1ccc(NC(=S)NCc2ccco2)cc1OC. The molecular weight excluding hydrogens is 288 g/mol. The van der Waals surface area contributed by atoms with Crippen molar-refractivity contribution in [2.75, 3.05) is 19.0 Å². The summed E-state index contributed by atoms with van der Waals surface area (Å²) in [6.07, 6.45) is 1.63. The lowest BCUT2D eigenvalue weighted by Gasteiger charge is -2.13. The van der Waals surface area contributed by atoms with E-state index in [1.165, 1.54) is 0 Å². The number of nitrogens with one attached hydrogen (secondary N) is 2. The van der Waals surface area contributed by atoms with Gasteiger partial charge < -0.3 is 24.5 Å².